The molecule has 8 nitrogen and oxygen atoms in total. The zero-order valence-electron chi connectivity index (χ0n) is 14.6. The van der Waals surface area contributed by atoms with Crippen LogP contribution in [0, 0.1) is 5.82 Å². The highest BCUT2D eigenvalue weighted by molar-refractivity contribution is 7.20. The van der Waals surface area contributed by atoms with Crippen molar-refractivity contribution in [2.45, 2.75) is 0 Å². The van der Waals surface area contributed by atoms with Crippen LogP contribution < -0.4 is 14.8 Å². The Morgan fingerprint density at radius 3 is 2.79 bits per heavy atom. The van der Waals surface area contributed by atoms with Crippen LogP contribution in [-0.2, 0) is 4.79 Å². The Morgan fingerprint density at radius 1 is 1.18 bits per heavy atom. The number of carbonyl (C=O) groups is 1. The summed E-state index contributed by atoms with van der Waals surface area (Å²) in [6.07, 6.45) is 0. The van der Waals surface area contributed by atoms with Crippen molar-refractivity contribution in [1.82, 2.24) is 19.8 Å². The summed E-state index contributed by atoms with van der Waals surface area (Å²) in [6.45, 7) is -0.228. The molecule has 28 heavy (non-hydrogen) atoms. The van der Waals surface area contributed by atoms with E-state index in [1.807, 2.05) is 24.3 Å². The Kier molecular flexibility index (Phi) is 4.85. The molecule has 0 spiro atoms. The van der Waals surface area contributed by atoms with Gasteiger partial charge in [0.05, 0.1) is 7.11 Å². The van der Waals surface area contributed by atoms with E-state index in [4.69, 9.17) is 9.47 Å². The first-order valence-electron chi connectivity index (χ1n) is 8.17. The number of rotatable bonds is 6. The third-order valence-electron chi connectivity index (χ3n) is 3.75. The van der Waals surface area contributed by atoms with E-state index < -0.39 is 5.91 Å². The highest BCUT2D eigenvalue weighted by Gasteiger charge is 2.15. The molecule has 1 N–H and O–H groups in total. The molecule has 0 aliphatic carbocycles. The number of carbonyl (C=O) groups excluding carboxylic acids is 1. The number of fused-ring (bicyclic) bond motifs is 1. The quantitative estimate of drug-likeness (QED) is 0.536. The molecule has 2 aromatic heterocycles. The van der Waals surface area contributed by atoms with Gasteiger partial charge in [-0.3, -0.25) is 10.1 Å². The minimum Gasteiger partial charge on any atom is -0.497 e. The van der Waals surface area contributed by atoms with Crippen LogP contribution in [0.1, 0.15) is 0 Å². The molecule has 0 aliphatic rings. The summed E-state index contributed by atoms with van der Waals surface area (Å²) in [5, 5.41) is 15.6. The molecule has 0 saturated carbocycles. The molecule has 0 radical (unpaired) electrons. The third-order valence-corrected chi connectivity index (χ3v) is 4.56. The van der Waals surface area contributed by atoms with Gasteiger partial charge < -0.3 is 9.47 Å². The van der Waals surface area contributed by atoms with Crippen molar-refractivity contribution in [2.75, 3.05) is 19.0 Å². The van der Waals surface area contributed by atoms with E-state index in [1.165, 1.54) is 35.6 Å². The molecule has 0 fully saturated rings. The van der Waals surface area contributed by atoms with E-state index in [0.717, 1.165) is 5.56 Å². The number of anilines is 1. The van der Waals surface area contributed by atoms with Gasteiger partial charge >= 0.3 is 0 Å². The summed E-state index contributed by atoms with van der Waals surface area (Å²) in [4.78, 5) is 12.6. The molecule has 1 amide bonds. The first-order valence-corrected chi connectivity index (χ1v) is 8.99. The number of halogens is 1. The van der Waals surface area contributed by atoms with Crippen LogP contribution in [0.4, 0.5) is 9.52 Å². The van der Waals surface area contributed by atoms with Crippen molar-refractivity contribution in [3.63, 3.8) is 0 Å². The van der Waals surface area contributed by atoms with E-state index in [9.17, 15) is 9.18 Å². The fourth-order valence-corrected chi connectivity index (χ4v) is 3.20. The Balaban J connectivity index is 1.47. The van der Waals surface area contributed by atoms with E-state index in [-0.39, 0.29) is 12.4 Å². The Bertz CT molecular complexity index is 1130. The highest BCUT2D eigenvalue weighted by Crippen LogP contribution is 2.26. The third kappa shape index (κ3) is 3.76. The zero-order chi connectivity index (χ0) is 19.5. The maximum Gasteiger partial charge on any atom is 0.264 e. The molecule has 0 bridgehead atoms. The van der Waals surface area contributed by atoms with Crippen molar-refractivity contribution in [3.8, 4) is 22.9 Å². The number of amides is 1. The molecule has 4 rings (SSSR count). The molecule has 0 atom stereocenters. The summed E-state index contributed by atoms with van der Waals surface area (Å²) < 4.78 is 25.0. The van der Waals surface area contributed by atoms with Crippen LogP contribution in [-0.4, -0.2) is 39.4 Å². The standard InChI is InChI=1S/C18H14FN5O3S/c1-26-14-4-2-3-11(9-14)16-21-22-18-24(16)23-17(28-18)20-15(25)10-27-13-7-5-12(19)6-8-13/h2-9H,10H2,1H3,(H,20,23,25). The average Bonchev–Trinajstić information content (AvgIpc) is 3.27. The lowest BCUT2D eigenvalue weighted by atomic mass is 10.2. The largest absolute Gasteiger partial charge is 0.497 e. The summed E-state index contributed by atoms with van der Waals surface area (Å²) in [6, 6.07) is 12.8. The van der Waals surface area contributed by atoms with Gasteiger partial charge in [-0.1, -0.05) is 23.5 Å². The predicted molar refractivity (Wildman–Crippen MR) is 101 cm³/mol. The fourth-order valence-electron chi connectivity index (χ4n) is 2.44. The molecule has 2 aromatic carbocycles. The summed E-state index contributed by atoms with van der Waals surface area (Å²) in [5.41, 5.74) is 0.787. The molecule has 4 aromatic rings. The van der Waals surface area contributed by atoms with Crippen LogP contribution in [0.3, 0.4) is 0 Å². The molecule has 2 heterocycles. The van der Waals surface area contributed by atoms with Gasteiger partial charge in [-0.05, 0) is 36.4 Å². The minimum absolute atomic E-state index is 0.228. The lowest BCUT2D eigenvalue weighted by Crippen LogP contribution is -2.20. The second kappa shape index (κ2) is 7.61. The summed E-state index contributed by atoms with van der Waals surface area (Å²) in [5.74, 6) is 0.861. The van der Waals surface area contributed by atoms with Crippen molar-refractivity contribution in [1.29, 1.82) is 0 Å². The molecule has 10 heteroatoms. The smallest absolute Gasteiger partial charge is 0.264 e. The van der Waals surface area contributed by atoms with Crippen LogP contribution in [0.5, 0.6) is 11.5 Å². The molecule has 0 aliphatic heterocycles. The molecular formula is C18H14FN5O3S. The number of nitrogens with zero attached hydrogens (tertiary/aromatic N) is 4. The lowest BCUT2D eigenvalue weighted by Gasteiger charge is -2.05. The summed E-state index contributed by atoms with van der Waals surface area (Å²) in [7, 11) is 1.59. The van der Waals surface area contributed by atoms with Gasteiger partial charge in [-0.2, -0.15) is 4.52 Å². The van der Waals surface area contributed by atoms with Crippen LogP contribution in [0.2, 0.25) is 0 Å². The van der Waals surface area contributed by atoms with E-state index in [0.29, 0.717) is 27.4 Å². The number of ether oxygens (including phenoxy) is 2. The SMILES string of the molecule is COc1cccc(-c2nnc3sc(NC(=O)COc4ccc(F)cc4)nn23)c1. The number of benzene rings is 2. The number of nitrogens with one attached hydrogen (secondary N) is 1. The average molecular weight is 399 g/mol. The van der Waals surface area contributed by atoms with Gasteiger partial charge in [-0.25, -0.2) is 4.39 Å². The first kappa shape index (κ1) is 17.9. The van der Waals surface area contributed by atoms with Gasteiger partial charge in [-0.15, -0.1) is 15.3 Å². The maximum atomic E-state index is 12.9. The topological polar surface area (TPSA) is 90.6 Å². The van der Waals surface area contributed by atoms with Gasteiger partial charge in [0.2, 0.25) is 10.1 Å². The Labute approximate surface area is 162 Å². The van der Waals surface area contributed by atoms with Gasteiger partial charge in [0.25, 0.3) is 5.91 Å². The first-order chi connectivity index (χ1) is 13.6. The maximum absolute atomic E-state index is 12.9. The van der Waals surface area contributed by atoms with Crippen molar-refractivity contribution >= 4 is 27.3 Å². The number of hydrogen-bond donors (Lipinski definition) is 1. The van der Waals surface area contributed by atoms with Gasteiger partial charge in [0, 0.05) is 5.56 Å². The van der Waals surface area contributed by atoms with Crippen molar-refractivity contribution < 1.29 is 18.7 Å². The second-order valence-corrected chi connectivity index (χ2v) is 6.60. The van der Waals surface area contributed by atoms with E-state index >= 15 is 0 Å². The lowest BCUT2D eigenvalue weighted by molar-refractivity contribution is -0.118. The van der Waals surface area contributed by atoms with Crippen LogP contribution in [0.15, 0.2) is 48.5 Å². The summed E-state index contributed by atoms with van der Waals surface area (Å²) >= 11 is 1.18. The number of aromatic nitrogens is 4. The predicted octanol–water partition coefficient (Wildman–Crippen LogP) is 3.02. The molecule has 142 valence electrons. The molecular weight excluding hydrogens is 385 g/mol. The van der Waals surface area contributed by atoms with Gasteiger partial charge in [0.1, 0.15) is 17.3 Å². The fraction of sp³-hybridized carbons (Fsp3) is 0.111. The Hall–Kier alpha value is -3.53. The molecule has 0 saturated heterocycles. The zero-order valence-corrected chi connectivity index (χ0v) is 15.4. The number of hydrogen-bond acceptors (Lipinski definition) is 7. The monoisotopic (exact) mass is 399 g/mol. The highest BCUT2D eigenvalue weighted by atomic mass is 32.1. The van der Waals surface area contributed by atoms with Gasteiger partial charge in [0.15, 0.2) is 12.4 Å². The van der Waals surface area contributed by atoms with Crippen LogP contribution in [0.25, 0.3) is 16.3 Å². The van der Waals surface area contributed by atoms with Crippen molar-refractivity contribution in [3.05, 3.63) is 54.3 Å². The van der Waals surface area contributed by atoms with Crippen molar-refractivity contribution in [2.24, 2.45) is 0 Å². The van der Waals surface area contributed by atoms with E-state index in [1.54, 1.807) is 11.6 Å². The minimum atomic E-state index is -0.391. The Morgan fingerprint density at radius 2 is 2.00 bits per heavy atom. The number of methoxy groups -OCH3 is 1. The molecule has 0 unspecified atom stereocenters. The second-order valence-electron chi connectivity index (χ2n) is 5.65. The van der Waals surface area contributed by atoms with Crippen LogP contribution >= 0.6 is 11.3 Å². The van der Waals surface area contributed by atoms with E-state index in [2.05, 4.69) is 20.6 Å². The normalized spacial score (nSPS) is 10.8.